The van der Waals surface area contributed by atoms with Crippen LogP contribution in [0.25, 0.3) is 10.9 Å². The van der Waals surface area contributed by atoms with E-state index in [-0.39, 0.29) is 6.61 Å². The molecule has 0 spiro atoms. The molecule has 0 aliphatic rings. The normalized spacial score (nSPS) is 10.5. The molecular weight excluding hydrogens is 212 g/mol. The number of fused-ring (bicyclic) bond motifs is 1. The highest BCUT2D eigenvalue weighted by atomic mass is 16.5. The van der Waals surface area contributed by atoms with Crippen LogP contribution in [0.1, 0.15) is 25.3 Å². The highest BCUT2D eigenvalue weighted by molar-refractivity contribution is 5.87. The number of hydrogen-bond donors (Lipinski definition) is 0. The smallest absolute Gasteiger partial charge is 0.174 e. The second-order valence-corrected chi connectivity index (χ2v) is 4.15. The van der Waals surface area contributed by atoms with E-state index in [0.717, 1.165) is 16.7 Å². The number of ether oxygens (including phenoxy) is 1. The summed E-state index contributed by atoms with van der Waals surface area (Å²) in [5.41, 5.74) is 2.16. The largest absolute Gasteiger partial charge is 0.478 e. The van der Waals surface area contributed by atoms with E-state index in [1.54, 1.807) is 12.3 Å². The van der Waals surface area contributed by atoms with Crippen LogP contribution in [0.3, 0.4) is 0 Å². The highest BCUT2D eigenvalue weighted by Crippen LogP contribution is 2.29. The second kappa shape index (κ2) is 4.84. The van der Waals surface area contributed by atoms with Crippen molar-refractivity contribution in [2.45, 2.75) is 19.8 Å². The number of rotatable bonds is 3. The fourth-order valence-corrected chi connectivity index (χ4v) is 1.88. The molecule has 2 rings (SSSR count). The standard InChI is InChI=1S/C14H14N2O/c1-10(2)11-4-3-5-12-13(17-9-7-15)6-8-16-14(11)12/h3-6,8,10H,9H2,1-2H3. The van der Waals surface area contributed by atoms with E-state index in [1.165, 1.54) is 5.56 Å². The molecule has 0 aliphatic carbocycles. The molecule has 0 unspecified atom stereocenters. The summed E-state index contributed by atoms with van der Waals surface area (Å²) in [5.74, 6) is 1.14. The van der Waals surface area contributed by atoms with E-state index in [0.29, 0.717) is 5.92 Å². The van der Waals surface area contributed by atoms with Crippen molar-refractivity contribution in [3.8, 4) is 11.8 Å². The first-order chi connectivity index (χ1) is 8.24. The van der Waals surface area contributed by atoms with Crippen molar-refractivity contribution in [1.29, 1.82) is 5.26 Å². The van der Waals surface area contributed by atoms with Crippen LogP contribution in [-0.4, -0.2) is 11.6 Å². The van der Waals surface area contributed by atoms with Crippen LogP contribution in [0.15, 0.2) is 30.5 Å². The lowest BCUT2D eigenvalue weighted by Gasteiger charge is -2.11. The summed E-state index contributed by atoms with van der Waals surface area (Å²) in [4.78, 5) is 4.41. The summed E-state index contributed by atoms with van der Waals surface area (Å²) < 4.78 is 5.40. The minimum atomic E-state index is 0.0605. The lowest BCUT2D eigenvalue weighted by Crippen LogP contribution is -1.97. The first kappa shape index (κ1) is 11.4. The molecule has 0 N–H and O–H groups in total. The van der Waals surface area contributed by atoms with Gasteiger partial charge in [-0.1, -0.05) is 26.0 Å². The second-order valence-electron chi connectivity index (χ2n) is 4.15. The van der Waals surface area contributed by atoms with Crippen molar-refractivity contribution in [2.24, 2.45) is 0 Å². The van der Waals surface area contributed by atoms with E-state index in [2.05, 4.69) is 24.9 Å². The number of nitrogens with zero attached hydrogens (tertiary/aromatic N) is 2. The minimum absolute atomic E-state index is 0.0605. The van der Waals surface area contributed by atoms with E-state index in [9.17, 15) is 0 Å². The maximum absolute atomic E-state index is 8.55. The van der Waals surface area contributed by atoms with Crippen molar-refractivity contribution in [1.82, 2.24) is 4.98 Å². The van der Waals surface area contributed by atoms with Gasteiger partial charge in [0.25, 0.3) is 0 Å². The Morgan fingerprint density at radius 1 is 1.35 bits per heavy atom. The van der Waals surface area contributed by atoms with E-state index < -0.39 is 0 Å². The van der Waals surface area contributed by atoms with Gasteiger partial charge in [-0.05, 0) is 23.6 Å². The number of aromatic nitrogens is 1. The lowest BCUT2D eigenvalue weighted by atomic mass is 9.99. The number of nitriles is 1. The molecule has 3 heteroatoms. The summed E-state index contributed by atoms with van der Waals surface area (Å²) in [6, 6.07) is 9.82. The Labute approximate surface area is 101 Å². The summed E-state index contributed by atoms with van der Waals surface area (Å²) in [6.07, 6.45) is 1.72. The zero-order chi connectivity index (χ0) is 12.3. The topological polar surface area (TPSA) is 45.9 Å². The van der Waals surface area contributed by atoms with Crippen molar-refractivity contribution < 1.29 is 4.74 Å². The summed E-state index contributed by atoms with van der Waals surface area (Å²) >= 11 is 0. The fourth-order valence-electron chi connectivity index (χ4n) is 1.88. The van der Waals surface area contributed by atoms with Gasteiger partial charge >= 0.3 is 0 Å². The Morgan fingerprint density at radius 3 is 2.88 bits per heavy atom. The Kier molecular flexibility index (Phi) is 3.24. The van der Waals surface area contributed by atoms with E-state index in [4.69, 9.17) is 10.00 Å². The van der Waals surface area contributed by atoms with E-state index in [1.807, 2.05) is 18.2 Å². The minimum Gasteiger partial charge on any atom is -0.478 e. The molecule has 0 radical (unpaired) electrons. The third kappa shape index (κ3) is 2.21. The zero-order valence-corrected chi connectivity index (χ0v) is 9.97. The van der Waals surface area contributed by atoms with Gasteiger partial charge in [0.2, 0.25) is 0 Å². The molecular formula is C14H14N2O. The third-order valence-electron chi connectivity index (χ3n) is 2.68. The zero-order valence-electron chi connectivity index (χ0n) is 9.97. The Morgan fingerprint density at radius 2 is 2.18 bits per heavy atom. The number of para-hydroxylation sites is 1. The van der Waals surface area contributed by atoms with Gasteiger partial charge in [0.15, 0.2) is 6.61 Å². The molecule has 0 saturated heterocycles. The van der Waals surface area contributed by atoms with Crippen LogP contribution >= 0.6 is 0 Å². The highest BCUT2D eigenvalue weighted by Gasteiger charge is 2.09. The molecule has 0 aliphatic heterocycles. The molecule has 0 saturated carbocycles. The molecule has 2 aromatic rings. The first-order valence-electron chi connectivity index (χ1n) is 5.61. The SMILES string of the molecule is CC(C)c1cccc2c(OCC#N)ccnc12. The molecule has 17 heavy (non-hydrogen) atoms. The maximum Gasteiger partial charge on any atom is 0.174 e. The Balaban J connectivity index is 2.58. The number of benzene rings is 1. The summed E-state index contributed by atoms with van der Waals surface area (Å²) in [7, 11) is 0. The van der Waals surface area contributed by atoms with Crippen molar-refractivity contribution in [3.05, 3.63) is 36.0 Å². The predicted octanol–water partition coefficient (Wildman–Crippen LogP) is 3.26. The van der Waals surface area contributed by atoms with Gasteiger partial charge < -0.3 is 4.74 Å². The Hall–Kier alpha value is -2.08. The molecule has 0 atom stereocenters. The van der Waals surface area contributed by atoms with Crippen molar-refractivity contribution in [2.75, 3.05) is 6.61 Å². The average molecular weight is 226 g/mol. The average Bonchev–Trinajstić information content (AvgIpc) is 2.35. The van der Waals surface area contributed by atoms with Crippen LogP contribution in [0.4, 0.5) is 0 Å². The van der Waals surface area contributed by atoms with Gasteiger partial charge in [-0.15, -0.1) is 0 Å². The molecule has 86 valence electrons. The van der Waals surface area contributed by atoms with Crippen LogP contribution < -0.4 is 4.74 Å². The van der Waals surface area contributed by atoms with Crippen molar-refractivity contribution in [3.63, 3.8) is 0 Å². The third-order valence-corrected chi connectivity index (χ3v) is 2.68. The molecule has 0 bridgehead atoms. The van der Waals surface area contributed by atoms with E-state index >= 15 is 0 Å². The van der Waals surface area contributed by atoms with Crippen LogP contribution in [-0.2, 0) is 0 Å². The molecule has 0 amide bonds. The predicted molar refractivity (Wildman–Crippen MR) is 66.9 cm³/mol. The first-order valence-corrected chi connectivity index (χ1v) is 5.61. The van der Waals surface area contributed by atoms with Gasteiger partial charge in [0, 0.05) is 11.6 Å². The van der Waals surface area contributed by atoms with Gasteiger partial charge in [-0.25, -0.2) is 0 Å². The van der Waals surface area contributed by atoms with Gasteiger partial charge in [0.05, 0.1) is 5.52 Å². The van der Waals surface area contributed by atoms with Crippen LogP contribution in [0, 0.1) is 11.3 Å². The van der Waals surface area contributed by atoms with Gasteiger partial charge in [0.1, 0.15) is 11.8 Å². The molecule has 0 fully saturated rings. The molecule has 1 aromatic carbocycles. The summed E-state index contributed by atoms with van der Waals surface area (Å²) in [5, 5.41) is 9.52. The molecule has 3 nitrogen and oxygen atoms in total. The van der Waals surface area contributed by atoms with Crippen molar-refractivity contribution >= 4 is 10.9 Å². The van der Waals surface area contributed by atoms with Gasteiger partial charge in [-0.3, -0.25) is 4.98 Å². The number of hydrogen-bond acceptors (Lipinski definition) is 3. The quantitative estimate of drug-likeness (QED) is 0.807. The van der Waals surface area contributed by atoms with Crippen LogP contribution in [0.5, 0.6) is 5.75 Å². The molecule has 1 aromatic heterocycles. The van der Waals surface area contributed by atoms with Gasteiger partial charge in [-0.2, -0.15) is 5.26 Å². The summed E-state index contributed by atoms with van der Waals surface area (Å²) in [6.45, 7) is 4.34. The van der Waals surface area contributed by atoms with Crippen LogP contribution in [0.2, 0.25) is 0 Å². The maximum atomic E-state index is 8.55. The Bertz CT molecular complexity index is 570. The number of pyridine rings is 1. The monoisotopic (exact) mass is 226 g/mol. The molecule has 1 heterocycles. The fraction of sp³-hybridized carbons (Fsp3) is 0.286. The lowest BCUT2D eigenvalue weighted by molar-refractivity contribution is 0.372.